The maximum Gasteiger partial charge on any atom is 0.218 e. The van der Waals surface area contributed by atoms with Gasteiger partial charge in [-0.3, -0.25) is 4.68 Å². The van der Waals surface area contributed by atoms with Gasteiger partial charge in [-0.1, -0.05) is 11.3 Å². The molecule has 1 N–H and O–H groups in total. The second kappa shape index (κ2) is 6.99. The van der Waals surface area contributed by atoms with E-state index in [1.165, 1.54) is 0 Å². The lowest BCUT2D eigenvalue weighted by molar-refractivity contribution is 0.284. The van der Waals surface area contributed by atoms with Crippen molar-refractivity contribution in [2.75, 3.05) is 11.9 Å². The van der Waals surface area contributed by atoms with E-state index in [9.17, 15) is 0 Å². The average Bonchev–Trinajstić information content (AvgIpc) is 3.05. The van der Waals surface area contributed by atoms with E-state index in [1.807, 2.05) is 37.8 Å². The molecular formula is C17H21N7OS. The van der Waals surface area contributed by atoms with Gasteiger partial charge in [0.1, 0.15) is 21.7 Å². The summed E-state index contributed by atoms with van der Waals surface area (Å²) in [5, 5.41) is 17.7. The number of hydrogen-bond acceptors (Lipinski definition) is 8. The molecule has 9 heteroatoms. The summed E-state index contributed by atoms with van der Waals surface area (Å²) in [6.45, 7) is 5.04. The lowest BCUT2D eigenvalue weighted by Gasteiger charge is -2.09. The first kappa shape index (κ1) is 16.9. The number of hydrogen-bond donors (Lipinski definition) is 1. The summed E-state index contributed by atoms with van der Waals surface area (Å²) in [6.07, 6.45) is 3.10. The van der Waals surface area contributed by atoms with Crippen LogP contribution < -0.4 is 10.1 Å². The van der Waals surface area contributed by atoms with Crippen molar-refractivity contribution >= 4 is 17.2 Å². The Bertz CT molecular complexity index is 906. The summed E-state index contributed by atoms with van der Waals surface area (Å²) in [6, 6.07) is 3.91. The van der Waals surface area contributed by atoms with Crippen LogP contribution in [-0.2, 0) is 13.6 Å². The fourth-order valence-electron chi connectivity index (χ4n) is 2.90. The minimum atomic E-state index is 0.498. The van der Waals surface area contributed by atoms with Crippen LogP contribution in [0, 0.1) is 19.8 Å². The number of rotatable bonds is 7. The molecule has 1 saturated carbocycles. The Morgan fingerprint density at radius 1 is 1.31 bits per heavy atom. The van der Waals surface area contributed by atoms with Crippen LogP contribution in [0.3, 0.4) is 0 Å². The van der Waals surface area contributed by atoms with Gasteiger partial charge in [0.2, 0.25) is 5.88 Å². The molecule has 0 amide bonds. The Kier molecular flexibility index (Phi) is 4.54. The molecule has 2 atom stereocenters. The molecule has 3 heterocycles. The zero-order valence-electron chi connectivity index (χ0n) is 15.0. The molecule has 0 bridgehead atoms. The summed E-state index contributed by atoms with van der Waals surface area (Å²) in [7, 11) is 1.94. The molecule has 3 aromatic heterocycles. The van der Waals surface area contributed by atoms with Crippen LogP contribution in [0.4, 0.5) is 5.82 Å². The molecule has 0 radical (unpaired) electrons. The van der Waals surface area contributed by atoms with E-state index in [1.54, 1.807) is 11.3 Å². The van der Waals surface area contributed by atoms with Crippen molar-refractivity contribution in [1.29, 1.82) is 0 Å². The number of ether oxygens (including phenoxy) is 1. The van der Waals surface area contributed by atoms with Crippen LogP contribution in [0.1, 0.15) is 33.9 Å². The van der Waals surface area contributed by atoms with Crippen LogP contribution >= 0.6 is 11.3 Å². The predicted octanol–water partition coefficient (Wildman–Crippen LogP) is 2.47. The lowest BCUT2D eigenvalue weighted by atomic mass is 10.2. The molecule has 0 aliphatic heterocycles. The van der Waals surface area contributed by atoms with E-state index in [0.29, 0.717) is 36.7 Å². The summed E-state index contributed by atoms with van der Waals surface area (Å²) >= 11 is 1.57. The number of aromatic nitrogens is 6. The Balaban J connectivity index is 1.33. The second-order valence-corrected chi connectivity index (χ2v) is 7.80. The molecule has 8 nitrogen and oxygen atoms in total. The van der Waals surface area contributed by atoms with Crippen molar-refractivity contribution in [3.63, 3.8) is 0 Å². The lowest BCUT2D eigenvalue weighted by Crippen LogP contribution is -2.07. The molecule has 3 aromatic rings. The third kappa shape index (κ3) is 3.98. The van der Waals surface area contributed by atoms with Gasteiger partial charge in [-0.15, -0.1) is 10.2 Å². The van der Waals surface area contributed by atoms with Gasteiger partial charge in [-0.05, 0) is 26.3 Å². The number of nitrogens with zero attached hydrogens (tertiary/aromatic N) is 6. The standard InChI is InChI=1S/C17H21N7OS/c1-10-19-15(18-8-17-22-21-11(2)26-17)7-16(20-10)25-9-12-6-13(12)14-4-5-24(3)23-14/h4-5,7,12-13H,6,8-9H2,1-3H3,(H,18,19,20)/t12-,13+/m1/s1. The molecule has 4 rings (SSSR count). The summed E-state index contributed by atoms with van der Waals surface area (Å²) < 4.78 is 7.76. The van der Waals surface area contributed by atoms with Crippen molar-refractivity contribution in [3.05, 3.63) is 39.9 Å². The van der Waals surface area contributed by atoms with Gasteiger partial charge in [-0.25, -0.2) is 4.98 Å². The van der Waals surface area contributed by atoms with Crippen LogP contribution in [-0.4, -0.2) is 36.6 Å². The molecule has 136 valence electrons. The van der Waals surface area contributed by atoms with E-state index in [0.717, 1.165) is 27.9 Å². The van der Waals surface area contributed by atoms with Gasteiger partial charge >= 0.3 is 0 Å². The highest BCUT2D eigenvalue weighted by atomic mass is 32.1. The molecule has 0 spiro atoms. The first-order valence-corrected chi connectivity index (χ1v) is 9.39. The Labute approximate surface area is 155 Å². The minimum absolute atomic E-state index is 0.498. The van der Waals surface area contributed by atoms with Crippen molar-refractivity contribution in [2.45, 2.75) is 32.7 Å². The van der Waals surface area contributed by atoms with Crippen LogP contribution in [0.15, 0.2) is 18.3 Å². The van der Waals surface area contributed by atoms with E-state index in [-0.39, 0.29) is 0 Å². The van der Waals surface area contributed by atoms with Gasteiger partial charge in [0.25, 0.3) is 0 Å². The highest BCUT2D eigenvalue weighted by Crippen LogP contribution is 2.46. The summed E-state index contributed by atoms with van der Waals surface area (Å²) in [5.74, 6) is 3.01. The third-order valence-corrected chi connectivity index (χ3v) is 5.12. The van der Waals surface area contributed by atoms with Crippen LogP contribution in [0.25, 0.3) is 0 Å². The van der Waals surface area contributed by atoms with E-state index >= 15 is 0 Å². The van der Waals surface area contributed by atoms with E-state index in [2.05, 4.69) is 36.6 Å². The topological polar surface area (TPSA) is 90.6 Å². The molecule has 0 unspecified atom stereocenters. The minimum Gasteiger partial charge on any atom is -0.477 e. The maximum atomic E-state index is 5.92. The Morgan fingerprint density at radius 3 is 2.92 bits per heavy atom. The third-order valence-electron chi connectivity index (χ3n) is 4.29. The zero-order valence-corrected chi connectivity index (χ0v) is 15.8. The number of nitrogens with one attached hydrogen (secondary N) is 1. The quantitative estimate of drug-likeness (QED) is 0.682. The molecule has 0 saturated heterocycles. The van der Waals surface area contributed by atoms with Crippen molar-refractivity contribution in [2.24, 2.45) is 13.0 Å². The highest BCUT2D eigenvalue weighted by Gasteiger charge is 2.40. The Morgan fingerprint density at radius 2 is 2.19 bits per heavy atom. The molecule has 1 fully saturated rings. The SMILES string of the molecule is Cc1nc(NCc2nnc(C)s2)cc(OC[C@H]2C[C@@H]2c2ccn(C)n2)n1. The van der Waals surface area contributed by atoms with Crippen LogP contribution in [0.2, 0.25) is 0 Å². The molecule has 26 heavy (non-hydrogen) atoms. The molecule has 1 aliphatic rings. The van der Waals surface area contributed by atoms with Gasteiger partial charge in [0, 0.05) is 31.1 Å². The molecule has 1 aliphatic carbocycles. The molecule has 0 aromatic carbocycles. The molecular weight excluding hydrogens is 350 g/mol. The maximum absolute atomic E-state index is 5.92. The Hall–Kier alpha value is -2.55. The van der Waals surface area contributed by atoms with E-state index in [4.69, 9.17) is 4.74 Å². The fourth-order valence-corrected chi connectivity index (χ4v) is 3.55. The zero-order chi connectivity index (χ0) is 18.1. The largest absolute Gasteiger partial charge is 0.477 e. The van der Waals surface area contributed by atoms with Crippen LogP contribution in [0.5, 0.6) is 5.88 Å². The van der Waals surface area contributed by atoms with Gasteiger partial charge in [0.05, 0.1) is 18.8 Å². The number of aryl methyl sites for hydroxylation is 3. The van der Waals surface area contributed by atoms with E-state index < -0.39 is 0 Å². The average molecular weight is 371 g/mol. The van der Waals surface area contributed by atoms with Crippen molar-refractivity contribution in [3.8, 4) is 5.88 Å². The number of anilines is 1. The van der Waals surface area contributed by atoms with Gasteiger partial charge in [-0.2, -0.15) is 10.1 Å². The first-order chi connectivity index (χ1) is 12.6. The van der Waals surface area contributed by atoms with Gasteiger partial charge in [0.15, 0.2) is 0 Å². The first-order valence-electron chi connectivity index (χ1n) is 8.57. The predicted molar refractivity (Wildman–Crippen MR) is 98.3 cm³/mol. The fraction of sp³-hybridized carbons (Fsp3) is 0.471. The second-order valence-electron chi connectivity index (χ2n) is 6.53. The summed E-state index contributed by atoms with van der Waals surface area (Å²) in [4.78, 5) is 8.78. The highest BCUT2D eigenvalue weighted by molar-refractivity contribution is 7.11. The van der Waals surface area contributed by atoms with Gasteiger partial charge < -0.3 is 10.1 Å². The van der Waals surface area contributed by atoms with Crippen molar-refractivity contribution in [1.82, 2.24) is 29.9 Å². The normalized spacial score (nSPS) is 18.7. The smallest absolute Gasteiger partial charge is 0.218 e. The summed E-state index contributed by atoms with van der Waals surface area (Å²) in [5.41, 5.74) is 1.15. The monoisotopic (exact) mass is 371 g/mol. The van der Waals surface area contributed by atoms with Crippen molar-refractivity contribution < 1.29 is 4.74 Å².